The number of likely N-dealkylation sites (N-methyl/N-ethyl adjacent to an activating group) is 1. The van der Waals surface area contributed by atoms with E-state index in [0.717, 1.165) is 39.6 Å². The van der Waals surface area contributed by atoms with Crippen molar-refractivity contribution in [3.63, 3.8) is 0 Å². The number of anilines is 2. The number of aliphatic hydroxyl groups is 1. The molecular weight excluding hydrogens is 586 g/mol. The number of benzene rings is 3. The van der Waals surface area contributed by atoms with E-state index in [1.165, 1.54) is 0 Å². The van der Waals surface area contributed by atoms with Gasteiger partial charge in [0.05, 0.1) is 18.0 Å². The van der Waals surface area contributed by atoms with Crippen LogP contribution in [0.15, 0.2) is 71.2 Å². The molecule has 2 bridgehead atoms. The first kappa shape index (κ1) is 27.9. The molecule has 8 nitrogen and oxygen atoms in total. The monoisotopic (exact) mass is 619 g/mol. The van der Waals surface area contributed by atoms with E-state index < -0.39 is 6.09 Å². The molecule has 0 aliphatic carbocycles. The van der Waals surface area contributed by atoms with Crippen LogP contribution < -0.4 is 10.6 Å². The molecule has 3 saturated heterocycles. The molecule has 3 aromatic carbocycles. The lowest BCUT2D eigenvalue weighted by Crippen LogP contribution is -2.48. The van der Waals surface area contributed by atoms with Crippen molar-refractivity contribution in [3.8, 4) is 11.1 Å². The number of carbonyl (C=O) groups is 2. The average molecular weight is 621 g/mol. The predicted octanol–water partition coefficient (Wildman–Crippen LogP) is 5.73. The van der Waals surface area contributed by atoms with Gasteiger partial charge in [0.1, 0.15) is 18.3 Å². The summed E-state index contributed by atoms with van der Waals surface area (Å²) in [6.07, 6.45) is 3.39. The minimum Gasteiger partial charge on any atom is -0.446 e. The Labute approximate surface area is 248 Å². The van der Waals surface area contributed by atoms with Crippen molar-refractivity contribution >= 4 is 39.3 Å². The molecule has 6 rings (SSSR count). The second-order valence-electron chi connectivity index (χ2n) is 11.1. The Balaban J connectivity index is 1.07. The van der Waals surface area contributed by atoms with E-state index >= 15 is 0 Å². The molecule has 0 saturated carbocycles. The number of hydrogen-bond donors (Lipinski definition) is 3. The Kier molecular flexibility index (Phi) is 8.12. The fraction of sp³-hybridized carbons (Fsp3) is 0.375. The number of carbonyl (C=O) groups excluding carboxylic acids is 2. The van der Waals surface area contributed by atoms with Gasteiger partial charge in [-0.2, -0.15) is 0 Å². The zero-order valence-corrected chi connectivity index (χ0v) is 24.5. The Morgan fingerprint density at radius 1 is 0.976 bits per heavy atom. The maximum absolute atomic E-state index is 13.0. The summed E-state index contributed by atoms with van der Waals surface area (Å²) in [5.74, 6) is -0.0713. The number of aliphatic hydroxyl groups excluding tert-OH is 1. The van der Waals surface area contributed by atoms with Crippen LogP contribution in [-0.4, -0.2) is 59.5 Å². The van der Waals surface area contributed by atoms with Gasteiger partial charge in [0.15, 0.2) is 0 Å². The number of hydrogen-bond acceptors (Lipinski definition) is 6. The van der Waals surface area contributed by atoms with Gasteiger partial charge in [-0.05, 0) is 76.8 Å². The Hall–Kier alpha value is -3.24. The maximum atomic E-state index is 13.0. The van der Waals surface area contributed by atoms with E-state index in [1.54, 1.807) is 18.2 Å². The third-order valence-electron chi connectivity index (χ3n) is 8.41. The number of morpholine rings is 1. The molecule has 41 heavy (non-hydrogen) atoms. The van der Waals surface area contributed by atoms with E-state index in [1.807, 2.05) is 42.5 Å². The Morgan fingerprint density at radius 2 is 1.68 bits per heavy atom. The highest BCUT2D eigenvalue weighted by Gasteiger charge is 2.62. The zero-order valence-electron chi connectivity index (χ0n) is 22.9. The van der Waals surface area contributed by atoms with Gasteiger partial charge in [0.25, 0.3) is 0 Å². The number of amides is 2. The van der Waals surface area contributed by atoms with Crippen molar-refractivity contribution in [1.29, 1.82) is 0 Å². The summed E-state index contributed by atoms with van der Waals surface area (Å²) in [4.78, 5) is 27.9. The highest BCUT2D eigenvalue weighted by Crippen LogP contribution is 2.48. The minimum absolute atomic E-state index is 0.0525. The van der Waals surface area contributed by atoms with Gasteiger partial charge in [0.2, 0.25) is 5.91 Å². The lowest BCUT2D eigenvalue weighted by atomic mass is 9.98. The summed E-state index contributed by atoms with van der Waals surface area (Å²) in [6.45, 7) is -0.0525. The van der Waals surface area contributed by atoms with E-state index in [-0.39, 0.29) is 18.6 Å². The number of fused-ring (bicyclic) bond motifs is 5. The molecule has 3 heterocycles. The number of rotatable bonds is 9. The number of nitrogens with one attached hydrogen (secondary N) is 2. The normalized spacial score (nSPS) is 24.4. The lowest BCUT2D eigenvalue weighted by molar-refractivity contribution is -0.116. The molecule has 3 aliphatic rings. The summed E-state index contributed by atoms with van der Waals surface area (Å²) in [5, 5.41) is 15.2. The fourth-order valence-electron chi connectivity index (χ4n) is 6.22. The molecule has 0 spiro atoms. The highest BCUT2D eigenvalue weighted by molar-refractivity contribution is 9.10. The molecule has 3 aromatic rings. The summed E-state index contributed by atoms with van der Waals surface area (Å²) in [6, 6.07) is 21.9. The third-order valence-corrected chi connectivity index (χ3v) is 9.07. The van der Waals surface area contributed by atoms with E-state index in [2.05, 4.69) is 44.6 Å². The minimum atomic E-state index is -0.437. The second-order valence-corrected chi connectivity index (χ2v) is 12.0. The standard InChI is InChI=1S/C32H34BrN3O5/c1-36-27-16-22(17-28(36)31-30(27)41-31)40-32(39)35-25-12-10-19(14-23(25)21-7-3-2-4-8-21)6-5-9-29(38)34-26-13-11-20(18-37)15-24(26)33/h2-4,7-8,10-15,22,27-28,30-31,37H,5-6,9,16-18H2,1H3,(H,34,38)(H,35,39)/t22-,27-,28-,30-,31+/m0/s1. The molecule has 3 fully saturated rings. The molecule has 0 radical (unpaired) electrons. The molecule has 3 aliphatic heterocycles. The predicted molar refractivity (Wildman–Crippen MR) is 161 cm³/mol. The smallest absolute Gasteiger partial charge is 0.411 e. The Morgan fingerprint density at radius 3 is 2.39 bits per heavy atom. The molecule has 3 N–H and O–H groups in total. The molecule has 0 unspecified atom stereocenters. The van der Waals surface area contributed by atoms with Crippen molar-refractivity contribution < 1.29 is 24.2 Å². The van der Waals surface area contributed by atoms with Crippen LogP contribution >= 0.6 is 15.9 Å². The van der Waals surface area contributed by atoms with Crippen LogP contribution in [0.4, 0.5) is 16.2 Å². The molecule has 214 valence electrons. The zero-order chi connectivity index (χ0) is 28.5. The van der Waals surface area contributed by atoms with Crippen LogP contribution in [0.5, 0.6) is 0 Å². The summed E-state index contributed by atoms with van der Waals surface area (Å²) >= 11 is 3.45. The van der Waals surface area contributed by atoms with Gasteiger partial charge >= 0.3 is 6.09 Å². The van der Waals surface area contributed by atoms with E-state index in [9.17, 15) is 14.7 Å². The van der Waals surface area contributed by atoms with Crippen molar-refractivity contribution in [2.45, 2.75) is 69.1 Å². The van der Waals surface area contributed by atoms with Crippen LogP contribution in [0.1, 0.15) is 36.8 Å². The number of nitrogens with zero attached hydrogens (tertiary/aromatic N) is 1. The van der Waals surface area contributed by atoms with Gasteiger partial charge in [-0.1, -0.05) is 42.5 Å². The van der Waals surface area contributed by atoms with Gasteiger partial charge in [-0.3, -0.25) is 15.0 Å². The van der Waals surface area contributed by atoms with Crippen LogP contribution in [-0.2, 0) is 27.3 Å². The van der Waals surface area contributed by atoms with Crippen LogP contribution in [0.25, 0.3) is 11.1 Å². The lowest BCUT2D eigenvalue weighted by Gasteiger charge is -2.37. The van der Waals surface area contributed by atoms with Crippen LogP contribution in [0, 0.1) is 0 Å². The quantitative estimate of drug-likeness (QED) is 0.264. The molecule has 2 amide bonds. The van der Waals surface area contributed by atoms with E-state index in [4.69, 9.17) is 9.47 Å². The van der Waals surface area contributed by atoms with Crippen LogP contribution in [0.2, 0.25) is 0 Å². The topological polar surface area (TPSA) is 103 Å². The maximum Gasteiger partial charge on any atom is 0.411 e. The van der Waals surface area contributed by atoms with Gasteiger partial charge in [-0.25, -0.2) is 4.79 Å². The molecule has 9 heteroatoms. The van der Waals surface area contributed by atoms with Gasteiger partial charge in [-0.15, -0.1) is 0 Å². The number of ether oxygens (including phenoxy) is 2. The number of epoxide rings is 1. The van der Waals surface area contributed by atoms with Crippen molar-refractivity contribution in [1.82, 2.24) is 4.90 Å². The summed E-state index contributed by atoms with van der Waals surface area (Å²) < 4.78 is 12.4. The third kappa shape index (κ3) is 6.18. The number of aryl methyl sites for hydroxylation is 1. The van der Waals surface area contributed by atoms with Crippen LogP contribution in [0.3, 0.4) is 0 Å². The first-order valence-corrected chi connectivity index (χ1v) is 14.9. The molecular formula is C32H34BrN3O5. The van der Waals surface area contributed by atoms with Gasteiger partial charge < -0.3 is 19.9 Å². The summed E-state index contributed by atoms with van der Waals surface area (Å²) in [5.41, 5.74) is 5.13. The number of halogens is 1. The Bertz CT molecular complexity index is 1420. The average Bonchev–Trinajstić information content (AvgIpc) is 3.74. The van der Waals surface area contributed by atoms with Crippen molar-refractivity contribution in [2.24, 2.45) is 0 Å². The molecule has 0 aromatic heterocycles. The fourth-order valence-corrected chi connectivity index (χ4v) is 6.75. The first-order valence-electron chi connectivity index (χ1n) is 14.1. The van der Waals surface area contributed by atoms with E-state index in [0.29, 0.717) is 54.9 Å². The highest BCUT2D eigenvalue weighted by atomic mass is 79.9. The first-order chi connectivity index (χ1) is 19.9. The second kappa shape index (κ2) is 11.9. The van der Waals surface area contributed by atoms with Crippen molar-refractivity contribution in [2.75, 3.05) is 17.7 Å². The molecule has 5 atom stereocenters. The largest absolute Gasteiger partial charge is 0.446 e. The summed E-state index contributed by atoms with van der Waals surface area (Å²) in [7, 11) is 2.14. The van der Waals surface area contributed by atoms with Crippen molar-refractivity contribution in [3.05, 3.63) is 82.3 Å². The SMILES string of the molecule is CN1[C@H]2C[C@H](OC(=O)Nc3ccc(CCCC(=O)Nc4ccc(CO)cc4Br)cc3-c3ccccc3)C[C@H]1[C@H]1O[C@H]12. The van der Waals surface area contributed by atoms with Gasteiger partial charge in [0, 0.05) is 41.4 Å². The number of piperidine rings is 1.